The van der Waals surface area contributed by atoms with Crippen molar-refractivity contribution in [2.24, 2.45) is 0 Å². The molecule has 0 atom stereocenters. The minimum Gasteiger partial charge on any atom is -0.497 e. The fourth-order valence-electron chi connectivity index (χ4n) is 3.32. The molecule has 0 aliphatic rings. The van der Waals surface area contributed by atoms with Gasteiger partial charge in [0.1, 0.15) is 23.0 Å². The number of amides is 1. The predicted octanol–water partition coefficient (Wildman–Crippen LogP) is 3.39. The van der Waals surface area contributed by atoms with Gasteiger partial charge in [-0.05, 0) is 74.4 Å². The van der Waals surface area contributed by atoms with Crippen molar-refractivity contribution in [3.05, 3.63) is 81.5 Å². The lowest BCUT2D eigenvalue weighted by Crippen LogP contribution is -2.33. The summed E-state index contributed by atoms with van der Waals surface area (Å²) in [4.78, 5) is 25.2. The standard InChI is InChI=1S/C23H23FN2O5S/c1-14-5-6-17(12-20(14)24)25-21(27)13-26-16(3)11-15(2)22(23(26)28)32(29,30)19-9-7-18(31-4)8-10-19/h5-12H,13H2,1-4H3,(H,25,27). The molecular formula is C23H23FN2O5S. The van der Waals surface area contributed by atoms with Gasteiger partial charge in [-0.1, -0.05) is 6.07 Å². The normalized spacial score (nSPS) is 11.3. The summed E-state index contributed by atoms with van der Waals surface area (Å²) in [6.07, 6.45) is 0. The van der Waals surface area contributed by atoms with Crippen LogP contribution in [-0.2, 0) is 21.2 Å². The Balaban J connectivity index is 1.98. The lowest BCUT2D eigenvalue weighted by molar-refractivity contribution is -0.116. The molecule has 0 saturated heterocycles. The Morgan fingerprint density at radius 3 is 2.28 bits per heavy atom. The van der Waals surface area contributed by atoms with Gasteiger partial charge in [-0.15, -0.1) is 0 Å². The molecule has 1 aromatic heterocycles. The zero-order valence-electron chi connectivity index (χ0n) is 18.1. The number of benzene rings is 2. The number of carbonyl (C=O) groups is 1. The number of rotatable bonds is 6. The van der Waals surface area contributed by atoms with E-state index in [0.29, 0.717) is 17.0 Å². The molecule has 32 heavy (non-hydrogen) atoms. The number of nitrogens with zero attached hydrogens (tertiary/aromatic N) is 1. The summed E-state index contributed by atoms with van der Waals surface area (Å²) in [5.74, 6) is -0.583. The maximum Gasteiger partial charge on any atom is 0.270 e. The van der Waals surface area contributed by atoms with Crippen LogP contribution < -0.4 is 15.6 Å². The number of carbonyl (C=O) groups excluding carboxylic acids is 1. The van der Waals surface area contributed by atoms with Gasteiger partial charge in [-0.2, -0.15) is 0 Å². The second kappa shape index (κ2) is 8.96. The number of ether oxygens (including phenoxy) is 1. The van der Waals surface area contributed by atoms with E-state index in [-0.39, 0.29) is 16.1 Å². The van der Waals surface area contributed by atoms with E-state index in [1.807, 2.05) is 0 Å². The molecule has 0 radical (unpaired) electrons. The molecule has 0 unspecified atom stereocenters. The third-order valence-corrected chi connectivity index (χ3v) is 6.97. The van der Waals surface area contributed by atoms with E-state index in [2.05, 4.69) is 5.32 Å². The van der Waals surface area contributed by atoms with E-state index >= 15 is 0 Å². The fraction of sp³-hybridized carbons (Fsp3) is 0.217. The van der Waals surface area contributed by atoms with Crippen LogP contribution in [-0.4, -0.2) is 26.0 Å². The van der Waals surface area contributed by atoms with E-state index in [1.54, 1.807) is 19.9 Å². The summed E-state index contributed by atoms with van der Waals surface area (Å²) < 4.78 is 46.3. The molecule has 0 fully saturated rings. The molecular weight excluding hydrogens is 435 g/mol. The quantitative estimate of drug-likeness (QED) is 0.611. The Hall–Kier alpha value is -3.46. The Bertz CT molecular complexity index is 1350. The van der Waals surface area contributed by atoms with Crippen molar-refractivity contribution in [2.75, 3.05) is 12.4 Å². The van der Waals surface area contributed by atoms with Crippen LogP contribution in [0.3, 0.4) is 0 Å². The van der Waals surface area contributed by atoms with Gasteiger partial charge in [0.2, 0.25) is 15.7 Å². The number of anilines is 1. The zero-order chi connectivity index (χ0) is 23.6. The number of pyridine rings is 1. The third kappa shape index (κ3) is 4.57. The highest BCUT2D eigenvalue weighted by molar-refractivity contribution is 7.91. The zero-order valence-corrected chi connectivity index (χ0v) is 18.9. The molecule has 0 bridgehead atoms. The highest BCUT2D eigenvalue weighted by Crippen LogP contribution is 2.24. The van der Waals surface area contributed by atoms with Crippen molar-refractivity contribution in [3.63, 3.8) is 0 Å². The minimum absolute atomic E-state index is 0.0616. The molecule has 1 N–H and O–H groups in total. The van der Waals surface area contributed by atoms with Gasteiger partial charge in [-0.25, -0.2) is 12.8 Å². The molecule has 3 rings (SSSR count). The molecule has 168 valence electrons. The molecule has 3 aromatic rings. The second-order valence-corrected chi connectivity index (χ2v) is 9.27. The van der Waals surface area contributed by atoms with E-state index < -0.39 is 38.6 Å². The minimum atomic E-state index is -4.14. The van der Waals surface area contributed by atoms with Gasteiger partial charge in [0.25, 0.3) is 5.56 Å². The first-order valence-corrected chi connectivity index (χ1v) is 11.2. The van der Waals surface area contributed by atoms with Crippen molar-refractivity contribution in [2.45, 2.75) is 37.1 Å². The summed E-state index contributed by atoms with van der Waals surface area (Å²) in [7, 11) is -2.68. The van der Waals surface area contributed by atoms with Crippen LogP contribution in [0.15, 0.2) is 63.1 Å². The van der Waals surface area contributed by atoms with E-state index in [1.165, 1.54) is 56.5 Å². The largest absolute Gasteiger partial charge is 0.497 e. The highest BCUT2D eigenvalue weighted by atomic mass is 32.2. The van der Waals surface area contributed by atoms with Crippen LogP contribution >= 0.6 is 0 Å². The van der Waals surface area contributed by atoms with Gasteiger partial charge in [0.05, 0.1) is 12.0 Å². The Kier molecular flexibility index (Phi) is 6.50. The molecule has 7 nitrogen and oxygen atoms in total. The third-order valence-electron chi connectivity index (χ3n) is 5.04. The van der Waals surface area contributed by atoms with Crippen LogP contribution in [0.1, 0.15) is 16.8 Å². The first kappa shape index (κ1) is 23.2. The van der Waals surface area contributed by atoms with Crippen molar-refractivity contribution >= 4 is 21.4 Å². The summed E-state index contributed by atoms with van der Waals surface area (Å²) >= 11 is 0. The Morgan fingerprint density at radius 1 is 1.03 bits per heavy atom. The maximum absolute atomic E-state index is 13.7. The number of aryl methyl sites for hydroxylation is 3. The molecule has 9 heteroatoms. The van der Waals surface area contributed by atoms with Crippen molar-refractivity contribution < 1.29 is 22.3 Å². The van der Waals surface area contributed by atoms with Crippen LogP contribution in [0, 0.1) is 26.6 Å². The molecule has 1 amide bonds. The van der Waals surface area contributed by atoms with Crippen molar-refractivity contribution in [1.29, 1.82) is 0 Å². The second-order valence-electron chi connectivity index (χ2n) is 7.38. The highest BCUT2D eigenvalue weighted by Gasteiger charge is 2.26. The number of aromatic nitrogens is 1. The van der Waals surface area contributed by atoms with Gasteiger partial charge < -0.3 is 14.6 Å². The number of sulfone groups is 1. The topological polar surface area (TPSA) is 94.5 Å². The summed E-state index contributed by atoms with van der Waals surface area (Å²) in [6, 6.07) is 11.5. The maximum atomic E-state index is 13.7. The van der Waals surface area contributed by atoms with E-state index in [4.69, 9.17) is 4.74 Å². The monoisotopic (exact) mass is 458 g/mol. The van der Waals surface area contributed by atoms with Gasteiger partial charge in [0.15, 0.2) is 0 Å². The average Bonchev–Trinajstić information content (AvgIpc) is 2.73. The fourth-order valence-corrected chi connectivity index (χ4v) is 4.87. The number of halogens is 1. The number of hydrogen-bond donors (Lipinski definition) is 1. The SMILES string of the molecule is COc1ccc(S(=O)(=O)c2c(C)cc(C)n(CC(=O)Nc3ccc(C)c(F)c3)c2=O)cc1. The van der Waals surface area contributed by atoms with Gasteiger partial charge in [0, 0.05) is 11.4 Å². The van der Waals surface area contributed by atoms with Crippen LogP contribution in [0.4, 0.5) is 10.1 Å². The smallest absolute Gasteiger partial charge is 0.270 e. The van der Waals surface area contributed by atoms with Crippen LogP contribution in [0.25, 0.3) is 0 Å². The predicted molar refractivity (Wildman–Crippen MR) is 118 cm³/mol. The Labute approximate surface area is 185 Å². The number of methoxy groups -OCH3 is 1. The first-order valence-electron chi connectivity index (χ1n) is 9.70. The molecule has 1 heterocycles. The molecule has 0 saturated carbocycles. The number of hydrogen-bond acceptors (Lipinski definition) is 5. The average molecular weight is 459 g/mol. The van der Waals surface area contributed by atoms with Gasteiger partial charge in [-0.3, -0.25) is 9.59 Å². The first-order chi connectivity index (χ1) is 15.0. The Morgan fingerprint density at radius 2 is 1.69 bits per heavy atom. The summed E-state index contributed by atoms with van der Waals surface area (Å²) in [5, 5.41) is 2.53. The van der Waals surface area contributed by atoms with Crippen LogP contribution in [0.5, 0.6) is 5.75 Å². The molecule has 0 spiro atoms. The molecule has 0 aliphatic carbocycles. The number of nitrogens with one attached hydrogen (secondary N) is 1. The molecule has 0 aliphatic heterocycles. The lowest BCUT2D eigenvalue weighted by Gasteiger charge is -2.15. The van der Waals surface area contributed by atoms with E-state index in [0.717, 1.165) is 4.57 Å². The van der Waals surface area contributed by atoms with Crippen LogP contribution in [0.2, 0.25) is 0 Å². The van der Waals surface area contributed by atoms with Crippen molar-refractivity contribution in [1.82, 2.24) is 4.57 Å². The van der Waals surface area contributed by atoms with E-state index in [9.17, 15) is 22.4 Å². The van der Waals surface area contributed by atoms with Crippen molar-refractivity contribution in [3.8, 4) is 5.75 Å². The summed E-state index contributed by atoms with van der Waals surface area (Å²) in [6.45, 7) is 4.31. The lowest BCUT2D eigenvalue weighted by atomic mass is 10.2. The summed E-state index contributed by atoms with van der Waals surface area (Å²) in [5.41, 5.74) is 0.569. The molecule has 2 aromatic carbocycles. The van der Waals surface area contributed by atoms with Gasteiger partial charge >= 0.3 is 0 Å².